The molecule has 8 nitrogen and oxygen atoms in total. The molecule has 0 atom stereocenters. The minimum Gasteiger partial charge on any atom is -0.345 e. The van der Waals surface area contributed by atoms with Gasteiger partial charge in [0.2, 0.25) is 5.95 Å². The van der Waals surface area contributed by atoms with Gasteiger partial charge >= 0.3 is 0 Å². The van der Waals surface area contributed by atoms with Crippen LogP contribution in [0.3, 0.4) is 0 Å². The smallest absolute Gasteiger partial charge is 0.277 e. The Kier molecular flexibility index (Phi) is 6.48. The zero-order valence-electron chi connectivity index (χ0n) is 18.1. The van der Waals surface area contributed by atoms with Gasteiger partial charge in [0.15, 0.2) is 0 Å². The van der Waals surface area contributed by atoms with E-state index in [4.69, 9.17) is 5.21 Å². The molecular formula is C23H30N6O2. The molecule has 1 aliphatic heterocycles. The highest BCUT2D eigenvalue weighted by atomic mass is 16.5. The molecule has 4 rings (SSSR count). The summed E-state index contributed by atoms with van der Waals surface area (Å²) in [5.41, 5.74) is 5.98. The zero-order valence-corrected chi connectivity index (χ0v) is 18.1. The second-order valence-corrected chi connectivity index (χ2v) is 8.00. The molecule has 1 amide bonds. The molecule has 1 aliphatic rings. The second kappa shape index (κ2) is 9.45. The topological polar surface area (TPSA) is 95.3 Å². The molecule has 164 valence electrons. The number of nitrogens with zero attached hydrogens (tertiary/aromatic N) is 4. The number of hydroxylamine groups is 1. The maximum atomic E-state index is 11.4. The SMILES string of the molecule is CCn1c(C)c(CCNC2CCN(c3ncc(C(=O)NO)cn3)CC2)c2ccccc21. The number of aryl methyl sites for hydroxylation is 1. The fourth-order valence-electron chi connectivity index (χ4n) is 4.58. The van der Waals surface area contributed by atoms with Gasteiger partial charge in [-0.25, -0.2) is 15.4 Å². The van der Waals surface area contributed by atoms with Crippen molar-refractivity contribution in [2.45, 2.75) is 45.7 Å². The molecule has 1 fully saturated rings. The summed E-state index contributed by atoms with van der Waals surface area (Å²) in [5.74, 6) is 0.0164. The monoisotopic (exact) mass is 422 g/mol. The lowest BCUT2D eigenvalue weighted by atomic mass is 10.0. The molecule has 3 N–H and O–H groups in total. The van der Waals surface area contributed by atoms with Gasteiger partial charge in [-0.05, 0) is 51.3 Å². The number of fused-ring (bicyclic) bond motifs is 1. The Hall–Kier alpha value is -2.97. The molecule has 0 aliphatic carbocycles. The maximum absolute atomic E-state index is 11.4. The van der Waals surface area contributed by atoms with Crippen LogP contribution in [0.15, 0.2) is 36.7 Å². The van der Waals surface area contributed by atoms with Gasteiger partial charge in [0.25, 0.3) is 5.91 Å². The first-order valence-electron chi connectivity index (χ1n) is 10.9. The molecule has 3 aromatic rings. The van der Waals surface area contributed by atoms with E-state index in [1.54, 1.807) is 5.48 Å². The summed E-state index contributed by atoms with van der Waals surface area (Å²) in [6.45, 7) is 8.13. The van der Waals surface area contributed by atoms with Crippen LogP contribution in [0.5, 0.6) is 0 Å². The van der Waals surface area contributed by atoms with E-state index in [1.807, 2.05) is 0 Å². The maximum Gasteiger partial charge on any atom is 0.277 e. The van der Waals surface area contributed by atoms with E-state index in [0.29, 0.717) is 12.0 Å². The largest absolute Gasteiger partial charge is 0.345 e. The summed E-state index contributed by atoms with van der Waals surface area (Å²) in [5, 5.41) is 13.8. The van der Waals surface area contributed by atoms with Crippen molar-refractivity contribution < 1.29 is 10.0 Å². The summed E-state index contributed by atoms with van der Waals surface area (Å²) in [6.07, 6.45) is 5.95. The predicted molar refractivity (Wildman–Crippen MR) is 121 cm³/mol. The molecule has 0 unspecified atom stereocenters. The molecule has 0 spiro atoms. The number of aromatic nitrogens is 3. The van der Waals surface area contributed by atoms with Crippen LogP contribution in [0, 0.1) is 6.92 Å². The highest BCUT2D eigenvalue weighted by Crippen LogP contribution is 2.26. The summed E-state index contributed by atoms with van der Waals surface area (Å²) < 4.78 is 2.40. The Bertz CT molecular complexity index is 1040. The van der Waals surface area contributed by atoms with E-state index in [1.165, 1.54) is 34.6 Å². The first-order chi connectivity index (χ1) is 15.1. The van der Waals surface area contributed by atoms with Gasteiger partial charge in [0.05, 0.1) is 5.56 Å². The average molecular weight is 423 g/mol. The van der Waals surface area contributed by atoms with E-state index in [0.717, 1.165) is 45.4 Å². The lowest BCUT2D eigenvalue weighted by Gasteiger charge is -2.32. The van der Waals surface area contributed by atoms with Crippen molar-refractivity contribution in [3.05, 3.63) is 53.5 Å². The van der Waals surface area contributed by atoms with E-state index < -0.39 is 5.91 Å². The Morgan fingerprint density at radius 2 is 1.90 bits per heavy atom. The third-order valence-corrected chi connectivity index (χ3v) is 6.27. The fraction of sp³-hybridized carbons (Fsp3) is 0.435. The molecule has 0 radical (unpaired) electrons. The summed E-state index contributed by atoms with van der Waals surface area (Å²) in [7, 11) is 0. The van der Waals surface area contributed by atoms with Gasteiger partial charge in [0, 0.05) is 54.7 Å². The van der Waals surface area contributed by atoms with Gasteiger partial charge in [-0.3, -0.25) is 10.0 Å². The van der Waals surface area contributed by atoms with Crippen LogP contribution in [0.4, 0.5) is 5.95 Å². The molecule has 0 bridgehead atoms. The zero-order chi connectivity index (χ0) is 21.8. The van der Waals surface area contributed by atoms with Gasteiger partial charge in [-0.2, -0.15) is 0 Å². The number of hydrogen-bond acceptors (Lipinski definition) is 6. The first-order valence-corrected chi connectivity index (χ1v) is 10.9. The number of para-hydroxylation sites is 1. The van der Waals surface area contributed by atoms with Crippen molar-refractivity contribution in [2.75, 3.05) is 24.5 Å². The number of hydrogen-bond donors (Lipinski definition) is 3. The van der Waals surface area contributed by atoms with Gasteiger partial charge < -0.3 is 14.8 Å². The minimum atomic E-state index is -0.605. The standard InChI is InChI=1S/C23H30N6O2/c1-3-29-16(2)19(20-6-4-5-7-21(20)29)8-11-24-18-9-12-28(13-10-18)23-25-14-17(15-26-23)22(30)27-31/h4-7,14-15,18,24,31H,3,8-13H2,1-2H3,(H,27,30). The molecule has 8 heteroatoms. The fourth-order valence-corrected chi connectivity index (χ4v) is 4.58. The van der Waals surface area contributed by atoms with Crippen molar-refractivity contribution in [2.24, 2.45) is 0 Å². The third-order valence-electron chi connectivity index (χ3n) is 6.27. The summed E-state index contributed by atoms with van der Waals surface area (Å²) >= 11 is 0. The second-order valence-electron chi connectivity index (χ2n) is 8.00. The number of carbonyl (C=O) groups excluding carboxylic acids is 1. The molecular weight excluding hydrogens is 392 g/mol. The van der Waals surface area contributed by atoms with Gasteiger partial charge in [-0.15, -0.1) is 0 Å². The predicted octanol–water partition coefficient (Wildman–Crippen LogP) is 2.68. The lowest BCUT2D eigenvalue weighted by Crippen LogP contribution is -2.43. The van der Waals surface area contributed by atoms with Gasteiger partial charge in [0.1, 0.15) is 0 Å². The Morgan fingerprint density at radius 3 is 2.58 bits per heavy atom. The van der Waals surface area contributed by atoms with Crippen molar-refractivity contribution in [3.63, 3.8) is 0 Å². The number of piperidine rings is 1. The highest BCUT2D eigenvalue weighted by molar-refractivity contribution is 5.92. The van der Waals surface area contributed by atoms with E-state index in [9.17, 15) is 4.79 Å². The van der Waals surface area contributed by atoms with Crippen LogP contribution in [0.2, 0.25) is 0 Å². The number of amides is 1. The van der Waals surface area contributed by atoms with Crippen LogP contribution >= 0.6 is 0 Å². The van der Waals surface area contributed by atoms with E-state index in [2.05, 4.69) is 62.9 Å². The van der Waals surface area contributed by atoms with Crippen molar-refractivity contribution in [3.8, 4) is 0 Å². The molecule has 1 aromatic carbocycles. The molecule has 1 saturated heterocycles. The first kappa shape index (κ1) is 21.3. The van der Waals surface area contributed by atoms with Crippen LogP contribution < -0.4 is 15.7 Å². The quantitative estimate of drug-likeness (QED) is 0.400. The molecule has 31 heavy (non-hydrogen) atoms. The average Bonchev–Trinajstić information content (AvgIpc) is 3.09. The number of rotatable bonds is 7. The van der Waals surface area contributed by atoms with Crippen molar-refractivity contribution >= 4 is 22.8 Å². The summed E-state index contributed by atoms with van der Waals surface area (Å²) in [4.78, 5) is 22.1. The van der Waals surface area contributed by atoms with Crippen LogP contribution in [0.1, 0.15) is 41.4 Å². The lowest BCUT2D eigenvalue weighted by molar-refractivity contribution is 0.0705. The minimum absolute atomic E-state index is 0.238. The van der Waals surface area contributed by atoms with E-state index >= 15 is 0 Å². The van der Waals surface area contributed by atoms with Crippen LogP contribution in [-0.2, 0) is 13.0 Å². The third kappa shape index (κ3) is 4.40. The Morgan fingerprint density at radius 1 is 1.19 bits per heavy atom. The van der Waals surface area contributed by atoms with E-state index in [-0.39, 0.29) is 5.56 Å². The van der Waals surface area contributed by atoms with Crippen LogP contribution in [0.25, 0.3) is 10.9 Å². The van der Waals surface area contributed by atoms with Gasteiger partial charge in [-0.1, -0.05) is 18.2 Å². The molecule has 3 heterocycles. The highest BCUT2D eigenvalue weighted by Gasteiger charge is 2.21. The Labute approximate surface area is 182 Å². The number of anilines is 1. The molecule has 2 aromatic heterocycles. The van der Waals surface area contributed by atoms with Crippen LogP contribution in [-0.4, -0.2) is 51.3 Å². The molecule has 0 saturated carbocycles. The number of nitrogens with one attached hydrogen (secondary N) is 2. The summed E-state index contributed by atoms with van der Waals surface area (Å²) in [6, 6.07) is 9.17. The Balaban J connectivity index is 1.30. The number of benzene rings is 1. The normalized spacial score (nSPS) is 14.9. The number of carbonyl (C=O) groups is 1. The van der Waals surface area contributed by atoms with Crippen molar-refractivity contribution in [1.82, 2.24) is 25.3 Å². The van der Waals surface area contributed by atoms with Crippen molar-refractivity contribution in [1.29, 1.82) is 0 Å².